The summed E-state index contributed by atoms with van der Waals surface area (Å²) < 4.78 is 5.65. The van der Waals surface area contributed by atoms with E-state index >= 15 is 0 Å². The molecule has 0 fully saturated rings. The highest BCUT2D eigenvalue weighted by molar-refractivity contribution is 5.90. The van der Waals surface area contributed by atoms with Crippen LogP contribution < -0.4 is 5.32 Å². The minimum atomic E-state index is -0.0694. The summed E-state index contributed by atoms with van der Waals surface area (Å²) in [7, 11) is 0. The van der Waals surface area contributed by atoms with Crippen LogP contribution in [0.15, 0.2) is 46.9 Å². The number of hydrogen-bond acceptors (Lipinski definition) is 4. The predicted molar refractivity (Wildman–Crippen MR) is 97.3 cm³/mol. The molecule has 0 aliphatic carbocycles. The quantitative estimate of drug-likeness (QED) is 0.757. The number of aromatic nitrogens is 2. The summed E-state index contributed by atoms with van der Waals surface area (Å²) >= 11 is 0. The summed E-state index contributed by atoms with van der Waals surface area (Å²) in [6.45, 7) is 6.04. The lowest BCUT2D eigenvalue weighted by atomic mass is 10.1. The van der Waals surface area contributed by atoms with Crippen LogP contribution >= 0.6 is 0 Å². The van der Waals surface area contributed by atoms with Gasteiger partial charge in [0.25, 0.3) is 0 Å². The van der Waals surface area contributed by atoms with Crippen LogP contribution in [0.5, 0.6) is 0 Å². The summed E-state index contributed by atoms with van der Waals surface area (Å²) in [5.74, 6) is 0.871. The smallest absolute Gasteiger partial charge is 0.247 e. The van der Waals surface area contributed by atoms with Gasteiger partial charge in [0.2, 0.25) is 17.7 Å². The third kappa shape index (κ3) is 4.53. The second kappa shape index (κ2) is 7.30. The standard InChI is InChI=1S/C20H21N3O2/c1-13-4-6-16(7-5-13)20-23-22-19(25-20)9-8-18(24)21-17-11-14(2)10-15(3)12-17/h4-7,10-12H,8-9H2,1-3H3,(H,21,24). The van der Waals surface area contributed by atoms with Gasteiger partial charge in [-0.2, -0.15) is 0 Å². The van der Waals surface area contributed by atoms with Gasteiger partial charge >= 0.3 is 0 Å². The summed E-state index contributed by atoms with van der Waals surface area (Å²) in [4.78, 5) is 12.1. The second-order valence-corrected chi connectivity index (χ2v) is 6.29. The second-order valence-electron chi connectivity index (χ2n) is 6.29. The van der Waals surface area contributed by atoms with E-state index in [0.717, 1.165) is 22.4 Å². The van der Waals surface area contributed by atoms with E-state index in [1.807, 2.05) is 57.2 Å². The third-order valence-electron chi connectivity index (χ3n) is 3.84. The van der Waals surface area contributed by atoms with Crippen molar-refractivity contribution in [3.05, 3.63) is 65.0 Å². The van der Waals surface area contributed by atoms with Gasteiger partial charge in [-0.1, -0.05) is 23.8 Å². The van der Waals surface area contributed by atoms with Crippen LogP contribution in [0.3, 0.4) is 0 Å². The Bertz CT molecular complexity index is 862. The topological polar surface area (TPSA) is 68.0 Å². The zero-order valence-corrected chi connectivity index (χ0v) is 14.7. The highest BCUT2D eigenvalue weighted by atomic mass is 16.4. The van der Waals surface area contributed by atoms with Crippen molar-refractivity contribution in [2.45, 2.75) is 33.6 Å². The molecular weight excluding hydrogens is 314 g/mol. The first-order valence-corrected chi connectivity index (χ1v) is 8.27. The zero-order chi connectivity index (χ0) is 17.8. The number of rotatable bonds is 5. The van der Waals surface area contributed by atoms with Gasteiger partial charge in [0.1, 0.15) is 0 Å². The van der Waals surface area contributed by atoms with E-state index in [1.165, 1.54) is 5.56 Å². The molecule has 3 aromatic rings. The molecule has 0 unspecified atom stereocenters. The summed E-state index contributed by atoms with van der Waals surface area (Å²) in [5.41, 5.74) is 5.11. The molecule has 25 heavy (non-hydrogen) atoms. The minimum absolute atomic E-state index is 0.0694. The molecule has 1 aromatic heterocycles. The van der Waals surface area contributed by atoms with Crippen molar-refractivity contribution in [1.82, 2.24) is 10.2 Å². The Morgan fingerprint density at radius 3 is 2.32 bits per heavy atom. The Balaban J connectivity index is 1.58. The normalized spacial score (nSPS) is 10.7. The Kier molecular flexibility index (Phi) is 4.93. The average Bonchev–Trinajstić information content (AvgIpc) is 3.01. The number of benzene rings is 2. The highest BCUT2D eigenvalue weighted by Gasteiger charge is 2.11. The lowest BCUT2D eigenvalue weighted by molar-refractivity contribution is -0.116. The van der Waals surface area contributed by atoms with Crippen molar-refractivity contribution in [3.63, 3.8) is 0 Å². The van der Waals surface area contributed by atoms with Crippen LogP contribution in [-0.4, -0.2) is 16.1 Å². The van der Waals surface area contributed by atoms with Gasteiger partial charge < -0.3 is 9.73 Å². The summed E-state index contributed by atoms with van der Waals surface area (Å²) in [6.07, 6.45) is 0.706. The van der Waals surface area contributed by atoms with Crippen LogP contribution in [0.1, 0.15) is 29.0 Å². The van der Waals surface area contributed by atoms with Crippen molar-refractivity contribution in [2.24, 2.45) is 0 Å². The molecule has 1 N–H and O–H groups in total. The van der Waals surface area contributed by atoms with Crippen molar-refractivity contribution < 1.29 is 9.21 Å². The number of nitrogens with one attached hydrogen (secondary N) is 1. The maximum absolute atomic E-state index is 12.1. The molecule has 1 heterocycles. The fourth-order valence-corrected chi connectivity index (χ4v) is 2.66. The molecule has 5 heteroatoms. The van der Waals surface area contributed by atoms with Crippen LogP contribution in [0.25, 0.3) is 11.5 Å². The number of anilines is 1. The molecule has 5 nitrogen and oxygen atoms in total. The van der Waals surface area contributed by atoms with E-state index in [-0.39, 0.29) is 5.91 Å². The molecule has 0 aliphatic heterocycles. The Hall–Kier alpha value is -2.95. The molecule has 0 bridgehead atoms. The predicted octanol–water partition coefficient (Wildman–Crippen LogP) is 4.23. The SMILES string of the molecule is Cc1ccc(-c2nnc(CCC(=O)Nc3cc(C)cc(C)c3)o2)cc1. The molecule has 0 radical (unpaired) electrons. The molecule has 1 amide bonds. The maximum atomic E-state index is 12.1. The first kappa shape index (κ1) is 16.9. The fourth-order valence-electron chi connectivity index (χ4n) is 2.66. The van der Waals surface area contributed by atoms with Gasteiger partial charge in [-0.15, -0.1) is 10.2 Å². The number of aryl methyl sites for hydroxylation is 4. The zero-order valence-electron chi connectivity index (χ0n) is 14.7. The van der Waals surface area contributed by atoms with E-state index in [1.54, 1.807) is 0 Å². The first-order chi connectivity index (χ1) is 12.0. The molecule has 0 spiro atoms. The summed E-state index contributed by atoms with van der Waals surface area (Å²) in [6, 6.07) is 13.9. The molecule has 0 saturated heterocycles. The molecule has 0 atom stereocenters. The van der Waals surface area contributed by atoms with Crippen molar-refractivity contribution in [2.75, 3.05) is 5.32 Å². The van der Waals surface area contributed by atoms with Gasteiger partial charge in [-0.05, 0) is 56.2 Å². The number of hydrogen-bond donors (Lipinski definition) is 1. The lowest BCUT2D eigenvalue weighted by Crippen LogP contribution is -2.12. The Morgan fingerprint density at radius 2 is 1.64 bits per heavy atom. The molecule has 2 aromatic carbocycles. The van der Waals surface area contributed by atoms with Crippen LogP contribution in [-0.2, 0) is 11.2 Å². The third-order valence-corrected chi connectivity index (χ3v) is 3.84. The number of carbonyl (C=O) groups is 1. The maximum Gasteiger partial charge on any atom is 0.247 e. The first-order valence-electron chi connectivity index (χ1n) is 8.27. The van der Waals surface area contributed by atoms with Crippen molar-refractivity contribution in [1.29, 1.82) is 0 Å². The van der Waals surface area contributed by atoms with Gasteiger partial charge in [0.15, 0.2) is 0 Å². The monoisotopic (exact) mass is 335 g/mol. The average molecular weight is 335 g/mol. The van der Waals surface area contributed by atoms with Gasteiger partial charge in [-0.25, -0.2) is 0 Å². The number of carbonyl (C=O) groups excluding carboxylic acids is 1. The largest absolute Gasteiger partial charge is 0.421 e. The molecule has 0 aliphatic rings. The summed E-state index contributed by atoms with van der Waals surface area (Å²) in [5, 5.41) is 11.0. The molecule has 128 valence electrons. The van der Waals surface area contributed by atoms with E-state index < -0.39 is 0 Å². The van der Waals surface area contributed by atoms with E-state index in [4.69, 9.17) is 4.42 Å². The van der Waals surface area contributed by atoms with Gasteiger partial charge in [0, 0.05) is 24.1 Å². The Labute approximate surface area is 147 Å². The molecule has 0 saturated carbocycles. The van der Waals surface area contributed by atoms with Crippen LogP contribution in [0.4, 0.5) is 5.69 Å². The van der Waals surface area contributed by atoms with E-state index in [0.29, 0.717) is 24.6 Å². The lowest BCUT2D eigenvalue weighted by Gasteiger charge is -2.06. The number of nitrogens with zero attached hydrogens (tertiary/aromatic N) is 2. The highest BCUT2D eigenvalue weighted by Crippen LogP contribution is 2.19. The van der Waals surface area contributed by atoms with Gasteiger partial charge in [0.05, 0.1) is 0 Å². The van der Waals surface area contributed by atoms with Crippen molar-refractivity contribution in [3.8, 4) is 11.5 Å². The van der Waals surface area contributed by atoms with E-state index in [9.17, 15) is 4.79 Å². The van der Waals surface area contributed by atoms with Crippen LogP contribution in [0.2, 0.25) is 0 Å². The molecule has 3 rings (SSSR count). The molecular formula is C20H21N3O2. The minimum Gasteiger partial charge on any atom is -0.421 e. The van der Waals surface area contributed by atoms with Crippen LogP contribution in [0, 0.1) is 20.8 Å². The number of amides is 1. The van der Waals surface area contributed by atoms with E-state index in [2.05, 4.69) is 21.6 Å². The van der Waals surface area contributed by atoms with Gasteiger partial charge in [-0.3, -0.25) is 4.79 Å². The Morgan fingerprint density at radius 1 is 0.960 bits per heavy atom. The van der Waals surface area contributed by atoms with Crippen molar-refractivity contribution >= 4 is 11.6 Å². The fraction of sp³-hybridized carbons (Fsp3) is 0.250.